The molecular weight excluding hydrogens is 308 g/mol. The van der Waals surface area contributed by atoms with Crippen molar-refractivity contribution < 1.29 is 8.42 Å². The van der Waals surface area contributed by atoms with Crippen molar-refractivity contribution in [1.82, 2.24) is 9.62 Å². The average Bonchev–Trinajstić information content (AvgIpc) is 2.37. The molecule has 0 fully saturated rings. The number of benzene rings is 1. The first-order chi connectivity index (χ1) is 9.70. The molecule has 0 bridgehead atoms. The highest BCUT2D eigenvalue weighted by Gasteiger charge is 2.28. The van der Waals surface area contributed by atoms with E-state index >= 15 is 0 Å². The normalized spacial score (nSPS) is 12.6. The van der Waals surface area contributed by atoms with Gasteiger partial charge in [0.05, 0.1) is 4.90 Å². The van der Waals surface area contributed by atoms with Crippen LogP contribution in [0.15, 0.2) is 23.1 Å². The number of sulfonamides is 1. The third-order valence-corrected chi connectivity index (χ3v) is 5.51. The summed E-state index contributed by atoms with van der Waals surface area (Å²) in [7, 11) is -1.70. The zero-order valence-electron chi connectivity index (χ0n) is 13.4. The molecule has 21 heavy (non-hydrogen) atoms. The summed E-state index contributed by atoms with van der Waals surface area (Å²) in [5, 5.41) is 3.48. The summed E-state index contributed by atoms with van der Waals surface area (Å²) in [5.74, 6) is 0.265. The minimum atomic E-state index is -3.52. The Morgan fingerprint density at radius 3 is 2.29 bits per heavy atom. The Balaban J connectivity index is 3.19. The maximum absolute atomic E-state index is 12.8. The Kier molecular flexibility index (Phi) is 6.66. The molecule has 6 heteroatoms. The minimum absolute atomic E-state index is 0.0897. The van der Waals surface area contributed by atoms with E-state index in [4.69, 9.17) is 11.6 Å². The van der Waals surface area contributed by atoms with Crippen LogP contribution in [-0.2, 0) is 16.6 Å². The van der Waals surface area contributed by atoms with Crippen molar-refractivity contribution in [2.24, 2.45) is 5.92 Å². The molecule has 0 radical (unpaired) electrons. The molecule has 0 saturated carbocycles. The topological polar surface area (TPSA) is 49.4 Å². The zero-order valence-corrected chi connectivity index (χ0v) is 14.9. The van der Waals surface area contributed by atoms with E-state index in [0.29, 0.717) is 18.1 Å². The maximum Gasteiger partial charge on any atom is 0.243 e. The predicted molar refractivity (Wildman–Crippen MR) is 88.1 cm³/mol. The van der Waals surface area contributed by atoms with Gasteiger partial charge >= 0.3 is 0 Å². The highest BCUT2D eigenvalue weighted by molar-refractivity contribution is 7.89. The van der Waals surface area contributed by atoms with Crippen molar-refractivity contribution in [2.75, 3.05) is 13.6 Å². The second-order valence-corrected chi connectivity index (χ2v) is 8.14. The van der Waals surface area contributed by atoms with Crippen molar-refractivity contribution in [3.63, 3.8) is 0 Å². The van der Waals surface area contributed by atoms with E-state index in [1.165, 1.54) is 4.31 Å². The lowest BCUT2D eigenvalue weighted by Crippen LogP contribution is -2.39. The van der Waals surface area contributed by atoms with Crippen LogP contribution < -0.4 is 5.32 Å². The predicted octanol–water partition coefficient (Wildman–Crippen LogP) is 3.11. The van der Waals surface area contributed by atoms with Gasteiger partial charge < -0.3 is 5.32 Å². The number of nitrogens with one attached hydrogen (secondary N) is 1. The summed E-state index contributed by atoms with van der Waals surface area (Å²) >= 11 is 6.18. The molecule has 0 aliphatic rings. The third-order valence-electron chi connectivity index (χ3n) is 3.12. The van der Waals surface area contributed by atoms with Gasteiger partial charge in [-0.15, -0.1) is 0 Å². The number of rotatable bonds is 7. The second kappa shape index (κ2) is 7.58. The number of nitrogens with zero attached hydrogens (tertiary/aromatic N) is 1. The molecule has 0 amide bonds. The van der Waals surface area contributed by atoms with E-state index in [2.05, 4.69) is 5.32 Å². The molecule has 0 aliphatic heterocycles. The maximum atomic E-state index is 12.8. The van der Waals surface area contributed by atoms with Crippen LogP contribution in [0.1, 0.15) is 33.3 Å². The zero-order chi connectivity index (χ0) is 16.2. The van der Waals surface area contributed by atoms with E-state index in [-0.39, 0.29) is 16.9 Å². The standard InChI is InChI=1S/C15H25ClN2O2S/c1-11(2)10-18(12(3)4)21(19,20)14-7-6-13(9-17-5)15(16)8-14/h6-8,11-12,17H,9-10H2,1-5H3. The lowest BCUT2D eigenvalue weighted by atomic mass is 10.2. The SMILES string of the molecule is CNCc1ccc(S(=O)(=O)N(CC(C)C)C(C)C)cc1Cl. The van der Waals surface area contributed by atoms with Gasteiger partial charge in [0.2, 0.25) is 10.0 Å². The first-order valence-corrected chi connectivity index (χ1v) is 8.96. The molecule has 1 N–H and O–H groups in total. The Hall–Kier alpha value is -0.620. The van der Waals surface area contributed by atoms with Gasteiger partial charge in [-0.2, -0.15) is 4.31 Å². The van der Waals surface area contributed by atoms with Crippen LogP contribution in [0, 0.1) is 5.92 Å². The van der Waals surface area contributed by atoms with Gasteiger partial charge in [-0.3, -0.25) is 0 Å². The highest BCUT2D eigenvalue weighted by Crippen LogP contribution is 2.25. The molecule has 0 aromatic heterocycles. The van der Waals surface area contributed by atoms with Gasteiger partial charge in [0.1, 0.15) is 0 Å². The Morgan fingerprint density at radius 1 is 1.24 bits per heavy atom. The number of halogens is 1. The summed E-state index contributed by atoms with van der Waals surface area (Å²) in [6, 6.07) is 4.84. The molecule has 0 aliphatic carbocycles. The summed E-state index contributed by atoms with van der Waals surface area (Å²) in [5.41, 5.74) is 0.887. The van der Waals surface area contributed by atoms with Crippen LogP contribution in [0.2, 0.25) is 5.02 Å². The summed E-state index contributed by atoms with van der Waals surface area (Å²) in [6.45, 7) is 8.89. The van der Waals surface area contributed by atoms with Crippen LogP contribution >= 0.6 is 11.6 Å². The molecule has 0 saturated heterocycles. The molecule has 0 atom stereocenters. The lowest BCUT2D eigenvalue weighted by Gasteiger charge is -2.27. The van der Waals surface area contributed by atoms with Gasteiger partial charge in [0.15, 0.2) is 0 Å². The summed E-state index contributed by atoms with van der Waals surface area (Å²) in [6.07, 6.45) is 0. The minimum Gasteiger partial charge on any atom is -0.316 e. The van der Waals surface area contributed by atoms with E-state index < -0.39 is 10.0 Å². The molecule has 0 spiro atoms. The lowest BCUT2D eigenvalue weighted by molar-refractivity contribution is 0.319. The Morgan fingerprint density at radius 2 is 1.86 bits per heavy atom. The summed E-state index contributed by atoms with van der Waals surface area (Å²) < 4.78 is 27.1. The van der Waals surface area contributed by atoms with Crippen LogP contribution in [0.4, 0.5) is 0 Å². The van der Waals surface area contributed by atoms with Gasteiger partial charge in [-0.05, 0) is 44.5 Å². The number of hydrogen-bond donors (Lipinski definition) is 1. The molecule has 1 aromatic carbocycles. The molecule has 1 aromatic rings. The second-order valence-electron chi connectivity index (χ2n) is 5.85. The molecule has 1 rings (SSSR count). The number of hydrogen-bond acceptors (Lipinski definition) is 3. The average molecular weight is 333 g/mol. The van der Waals surface area contributed by atoms with Crippen LogP contribution in [0.25, 0.3) is 0 Å². The van der Waals surface area contributed by atoms with Crippen LogP contribution in [0.3, 0.4) is 0 Å². The van der Waals surface area contributed by atoms with Gasteiger partial charge in [0, 0.05) is 24.2 Å². The smallest absolute Gasteiger partial charge is 0.243 e. The van der Waals surface area contributed by atoms with Gasteiger partial charge in [0.25, 0.3) is 0 Å². The highest BCUT2D eigenvalue weighted by atomic mass is 35.5. The largest absolute Gasteiger partial charge is 0.316 e. The first kappa shape index (κ1) is 18.4. The van der Waals surface area contributed by atoms with Crippen molar-refractivity contribution in [1.29, 1.82) is 0 Å². The fraction of sp³-hybridized carbons (Fsp3) is 0.600. The molecule has 120 valence electrons. The monoisotopic (exact) mass is 332 g/mol. The molecule has 0 unspecified atom stereocenters. The van der Waals surface area contributed by atoms with Crippen molar-refractivity contribution in [2.45, 2.75) is 45.2 Å². The van der Waals surface area contributed by atoms with E-state index in [1.807, 2.05) is 34.7 Å². The summed E-state index contributed by atoms with van der Waals surface area (Å²) in [4.78, 5) is 0.252. The first-order valence-electron chi connectivity index (χ1n) is 7.15. The van der Waals surface area contributed by atoms with Crippen molar-refractivity contribution >= 4 is 21.6 Å². The molecule has 4 nitrogen and oxygen atoms in total. The molecular formula is C15H25ClN2O2S. The van der Waals surface area contributed by atoms with E-state index in [1.54, 1.807) is 18.2 Å². The van der Waals surface area contributed by atoms with Crippen molar-refractivity contribution in [3.8, 4) is 0 Å². The van der Waals surface area contributed by atoms with Crippen LogP contribution in [-0.4, -0.2) is 32.4 Å². The Bertz CT molecular complexity index is 571. The van der Waals surface area contributed by atoms with Crippen LogP contribution in [0.5, 0.6) is 0 Å². The fourth-order valence-corrected chi connectivity index (χ4v) is 4.24. The quantitative estimate of drug-likeness (QED) is 0.834. The van der Waals surface area contributed by atoms with Crippen molar-refractivity contribution in [3.05, 3.63) is 28.8 Å². The van der Waals surface area contributed by atoms with Gasteiger partial charge in [-0.25, -0.2) is 8.42 Å². The van der Waals surface area contributed by atoms with Gasteiger partial charge in [-0.1, -0.05) is 31.5 Å². The van der Waals surface area contributed by atoms with E-state index in [0.717, 1.165) is 5.56 Å². The Labute approximate surface area is 133 Å². The van der Waals surface area contributed by atoms with E-state index in [9.17, 15) is 8.42 Å². The third kappa shape index (κ3) is 4.68. The fourth-order valence-electron chi connectivity index (χ4n) is 2.10. The molecule has 0 heterocycles.